The van der Waals surface area contributed by atoms with Gasteiger partial charge in [0.25, 0.3) is 5.91 Å². The van der Waals surface area contributed by atoms with E-state index in [2.05, 4.69) is 26.2 Å². The number of aromatic nitrogens is 1. The van der Waals surface area contributed by atoms with Gasteiger partial charge in [-0.25, -0.2) is 4.98 Å². The molecule has 3 aromatic rings. The van der Waals surface area contributed by atoms with Crippen molar-refractivity contribution in [2.24, 2.45) is 0 Å². The predicted octanol–water partition coefficient (Wildman–Crippen LogP) is 4.74. The summed E-state index contributed by atoms with van der Waals surface area (Å²) >= 11 is 4.91. The fourth-order valence-electron chi connectivity index (χ4n) is 1.94. The lowest BCUT2D eigenvalue weighted by atomic mass is 10.2. The normalized spacial score (nSPS) is 10.3. The average Bonchev–Trinajstić information content (AvgIpc) is 3.07. The molecule has 0 unspecified atom stereocenters. The molecule has 0 fully saturated rings. The minimum Gasteiger partial charge on any atom is -0.487 e. The van der Waals surface area contributed by atoms with Crippen molar-refractivity contribution in [2.75, 3.05) is 5.32 Å². The van der Waals surface area contributed by atoms with E-state index in [0.29, 0.717) is 17.9 Å². The Morgan fingerprint density at radius 1 is 1.22 bits per heavy atom. The van der Waals surface area contributed by atoms with E-state index < -0.39 is 0 Å². The van der Waals surface area contributed by atoms with Crippen molar-refractivity contribution < 1.29 is 9.53 Å². The van der Waals surface area contributed by atoms with Gasteiger partial charge in [-0.05, 0) is 42.5 Å². The molecule has 1 amide bonds. The summed E-state index contributed by atoms with van der Waals surface area (Å²) in [6, 6.07) is 14.5. The number of thiazole rings is 1. The highest BCUT2D eigenvalue weighted by Crippen LogP contribution is 2.18. The standard InChI is InChI=1S/C17H13BrN2O2S/c18-13-2-1-3-14(8-13)20-17(21)12-4-6-16(7-5-12)22-9-15-10-23-11-19-15/h1-8,10-11H,9H2,(H,20,21). The minimum atomic E-state index is -0.158. The molecule has 4 nitrogen and oxygen atoms in total. The fraction of sp³-hybridized carbons (Fsp3) is 0.0588. The van der Waals surface area contributed by atoms with Crippen LogP contribution in [0.2, 0.25) is 0 Å². The second-order valence-corrected chi connectivity index (χ2v) is 6.39. The summed E-state index contributed by atoms with van der Waals surface area (Å²) in [5, 5.41) is 4.80. The molecule has 23 heavy (non-hydrogen) atoms. The quantitative estimate of drug-likeness (QED) is 0.686. The molecule has 1 heterocycles. The third kappa shape index (κ3) is 4.40. The zero-order valence-electron chi connectivity index (χ0n) is 12.0. The largest absolute Gasteiger partial charge is 0.487 e. The molecule has 0 saturated carbocycles. The van der Waals surface area contributed by atoms with Crippen molar-refractivity contribution in [3.05, 3.63) is 75.2 Å². The maximum Gasteiger partial charge on any atom is 0.255 e. The van der Waals surface area contributed by atoms with Gasteiger partial charge >= 0.3 is 0 Å². The Bertz CT molecular complexity index is 789. The molecule has 1 aromatic heterocycles. The number of halogens is 1. The van der Waals surface area contributed by atoms with Crippen molar-refractivity contribution in [1.82, 2.24) is 4.98 Å². The molecule has 0 spiro atoms. The van der Waals surface area contributed by atoms with Gasteiger partial charge in [0.1, 0.15) is 12.4 Å². The van der Waals surface area contributed by atoms with E-state index in [-0.39, 0.29) is 5.91 Å². The van der Waals surface area contributed by atoms with Gasteiger partial charge in [-0.15, -0.1) is 11.3 Å². The Kier molecular flexibility index (Phi) is 5.05. The van der Waals surface area contributed by atoms with Gasteiger partial charge in [-0.2, -0.15) is 0 Å². The summed E-state index contributed by atoms with van der Waals surface area (Å²) in [4.78, 5) is 16.4. The summed E-state index contributed by atoms with van der Waals surface area (Å²) in [6.45, 7) is 0.424. The highest BCUT2D eigenvalue weighted by Gasteiger charge is 2.07. The molecule has 0 aliphatic heterocycles. The lowest BCUT2D eigenvalue weighted by Gasteiger charge is -2.07. The Balaban J connectivity index is 1.61. The molecule has 116 valence electrons. The Labute approximate surface area is 146 Å². The van der Waals surface area contributed by atoms with Crippen LogP contribution in [0.3, 0.4) is 0 Å². The second kappa shape index (κ2) is 7.39. The lowest BCUT2D eigenvalue weighted by Crippen LogP contribution is -2.11. The zero-order valence-corrected chi connectivity index (χ0v) is 14.4. The number of hydrogen-bond acceptors (Lipinski definition) is 4. The third-order valence-electron chi connectivity index (χ3n) is 3.07. The van der Waals surface area contributed by atoms with Crippen molar-refractivity contribution >= 4 is 38.9 Å². The number of carbonyl (C=O) groups excluding carboxylic acids is 1. The number of nitrogens with one attached hydrogen (secondary N) is 1. The average molecular weight is 389 g/mol. The molecular weight excluding hydrogens is 376 g/mol. The summed E-state index contributed by atoms with van der Waals surface area (Å²) < 4.78 is 6.54. The number of anilines is 1. The van der Waals surface area contributed by atoms with Gasteiger partial charge in [0.2, 0.25) is 0 Å². The van der Waals surface area contributed by atoms with Crippen LogP contribution in [-0.4, -0.2) is 10.9 Å². The van der Waals surface area contributed by atoms with Crippen molar-refractivity contribution in [1.29, 1.82) is 0 Å². The number of hydrogen-bond donors (Lipinski definition) is 1. The van der Waals surface area contributed by atoms with E-state index in [0.717, 1.165) is 15.9 Å². The van der Waals surface area contributed by atoms with Crippen LogP contribution in [0, 0.1) is 0 Å². The maximum absolute atomic E-state index is 12.2. The summed E-state index contributed by atoms with van der Waals surface area (Å²) in [5.74, 6) is 0.547. The molecule has 0 radical (unpaired) electrons. The Morgan fingerprint density at radius 2 is 2.04 bits per heavy atom. The molecule has 0 aliphatic carbocycles. The van der Waals surface area contributed by atoms with E-state index in [1.807, 2.05) is 29.6 Å². The van der Waals surface area contributed by atoms with Gasteiger partial charge in [0.05, 0.1) is 11.2 Å². The van der Waals surface area contributed by atoms with Gasteiger partial charge in [-0.1, -0.05) is 22.0 Å². The Hall–Kier alpha value is -2.18. The topological polar surface area (TPSA) is 51.2 Å². The number of amides is 1. The number of carbonyl (C=O) groups is 1. The van der Waals surface area contributed by atoms with Crippen LogP contribution in [0.1, 0.15) is 16.1 Å². The fourth-order valence-corrected chi connectivity index (χ4v) is 2.88. The molecule has 1 N–H and O–H groups in total. The van der Waals surface area contributed by atoms with Crippen LogP contribution < -0.4 is 10.1 Å². The van der Waals surface area contributed by atoms with Gasteiger partial charge in [-0.3, -0.25) is 4.79 Å². The van der Waals surface area contributed by atoms with Crippen LogP contribution in [0.4, 0.5) is 5.69 Å². The Morgan fingerprint density at radius 3 is 2.74 bits per heavy atom. The minimum absolute atomic E-state index is 0.158. The highest BCUT2D eigenvalue weighted by atomic mass is 79.9. The molecule has 2 aromatic carbocycles. The monoisotopic (exact) mass is 388 g/mol. The van der Waals surface area contributed by atoms with E-state index in [4.69, 9.17) is 4.74 Å². The smallest absolute Gasteiger partial charge is 0.255 e. The zero-order chi connectivity index (χ0) is 16.1. The summed E-state index contributed by atoms with van der Waals surface area (Å²) in [6.07, 6.45) is 0. The molecular formula is C17H13BrN2O2S. The maximum atomic E-state index is 12.2. The van der Waals surface area contributed by atoms with Gasteiger partial charge < -0.3 is 10.1 Å². The molecule has 0 saturated heterocycles. The third-order valence-corrected chi connectivity index (χ3v) is 4.20. The van der Waals surface area contributed by atoms with Crippen LogP contribution >= 0.6 is 27.3 Å². The summed E-state index contributed by atoms with van der Waals surface area (Å²) in [7, 11) is 0. The second-order valence-electron chi connectivity index (χ2n) is 4.76. The molecule has 6 heteroatoms. The van der Waals surface area contributed by atoms with E-state index in [1.54, 1.807) is 29.8 Å². The van der Waals surface area contributed by atoms with Crippen LogP contribution in [-0.2, 0) is 6.61 Å². The molecule has 0 atom stereocenters. The van der Waals surface area contributed by atoms with Crippen molar-refractivity contribution in [3.63, 3.8) is 0 Å². The number of benzene rings is 2. The van der Waals surface area contributed by atoms with E-state index in [1.165, 1.54) is 11.3 Å². The first kappa shape index (κ1) is 15.7. The first-order chi connectivity index (χ1) is 11.2. The number of nitrogens with zero attached hydrogens (tertiary/aromatic N) is 1. The molecule has 3 rings (SSSR count). The van der Waals surface area contributed by atoms with Gasteiger partial charge in [0.15, 0.2) is 0 Å². The predicted molar refractivity (Wildman–Crippen MR) is 95.0 cm³/mol. The van der Waals surface area contributed by atoms with E-state index in [9.17, 15) is 4.79 Å². The first-order valence-electron chi connectivity index (χ1n) is 6.87. The molecule has 0 aliphatic rings. The summed E-state index contributed by atoms with van der Waals surface area (Å²) in [5.41, 5.74) is 3.99. The number of ether oxygens (including phenoxy) is 1. The van der Waals surface area contributed by atoms with Crippen molar-refractivity contribution in [2.45, 2.75) is 6.61 Å². The lowest BCUT2D eigenvalue weighted by molar-refractivity contribution is 0.102. The van der Waals surface area contributed by atoms with E-state index >= 15 is 0 Å². The van der Waals surface area contributed by atoms with Crippen LogP contribution in [0.25, 0.3) is 0 Å². The first-order valence-corrected chi connectivity index (χ1v) is 8.61. The van der Waals surface area contributed by atoms with Crippen LogP contribution in [0.5, 0.6) is 5.75 Å². The van der Waals surface area contributed by atoms with Crippen molar-refractivity contribution in [3.8, 4) is 5.75 Å². The van der Waals surface area contributed by atoms with Gasteiger partial charge in [0, 0.05) is 21.1 Å². The SMILES string of the molecule is O=C(Nc1cccc(Br)c1)c1ccc(OCc2cscn2)cc1. The molecule has 0 bridgehead atoms. The van der Waals surface area contributed by atoms with Crippen LogP contribution in [0.15, 0.2) is 63.9 Å². The highest BCUT2D eigenvalue weighted by molar-refractivity contribution is 9.10. The number of rotatable bonds is 5.